The molecule has 0 saturated heterocycles. The number of ether oxygens (including phenoxy) is 1. The van der Waals surface area contributed by atoms with Gasteiger partial charge in [-0.05, 0) is 31.2 Å². The van der Waals surface area contributed by atoms with E-state index in [1.165, 1.54) is 6.92 Å². The van der Waals surface area contributed by atoms with Crippen molar-refractivity contribution in [2.45, 2.75) is 13.0 Å². The largest absolute Gasteiger partial charge is 0.479 e. The Morgan fingerprint density at radius 1 is 1.00 bits per heavy atom. The van der Waals surface area contributed by atoms with Crippen LogP contribution in [0, 0.1) is 0 Å². The highest BCUT2D eigenvalue weighted by molar-refractivity contribution is 6.42. The van der Waals surface area contributed by atoms with E-state index in [9.17, 15) is 9.59 Å². The number of halogens is 2. The van der Waals surface area contributed by atoms with E-state index in [2.05, 4.69) is 10.9 Å². The molecule has 2 N–H and O–H groups in total. The van der Waals surface area contributed by atoms with Gasteiger partial charge in [0.2, 0.25) is 0 Å². The average molecular weight is 353 g/mol. The SMILES string of the molecule is CC(Oc1cccc(Cl)c1Cl)C(=O)NNC(=O)c1ccccc1. The molecule has 2 aromatic rings. The summed E-state index contributed by atoms with van der Waals surface area (Å²) in [6.07, 6.45) is -0.873. The van der Waals surface area contributed by atoms with Crippen LogP contribution in [0.5, 0.6) is 5.75 Å². The van der Waals surface area contributed by atoms with Crippen molar-refractivity contribution in [1.29, 1.82) is 0 Å². The van der Waals surface area contributed by atoms with Crippen LogP contribution in [-0.2, 0) is 4.79 Å². The lowest BCUT2D eigenvalue weighted by atomic mass is 10.2. The maximum Gasteiger partial charge on any atom is 0.279 e. The molecular weight excluding hydrogens is 339 g/mol. The molecule has 0 aliphatic heterocycles. The number of carbonyl (C=O) groups excluding carboxylic acids is 2. The van der Waals surface area contributed by atoms with E-state index < -0.39 is 17.9 Å². The molecule has 0 aromatic heterocycles. The molecule has 0 aliphatic rings. The van der Waals surface area contributed by atoms with E-state index in [4.69, 9.17) is 27.9 Å². The minimum Gasteiger partial charge on any atom is -0.479 e. The van der Waals surface area contributed by atoms with Crippen molar-refractivity contribution < 1.29 is 14.3 Å². The van der Waals surface area contributed by atoms with Gasteiger partial charge in [0.15, 0.2) is 6.10 Å². The van der Waals surface area contributed by atoms with Crippen LogP contribution in [0.25, 0.3) is 0 Å². The molecule has 0 heterocycles. The van der Waals surface area contributed by atoms with Crippen molar-refractivity contribution in [2.75, 3.05) is 0 Å². The fraction of sp³-hybridized carbons (Fsp3) is 0.125. The number of benzene rings is 2. The highest BCUT2D eigenvalue weighted by Crippen LogP contribution is 2.31. The van der Waals surface area contributed by atoms with Crippen molar-refractivity contribution >= 4 is 35.0 Å². The Labute approximate surface area is 143 Å². The van der Waals surface area contributed by atoms with Crippen molar-refractivity contribution in [2.24, 2.45) is 0 Å². The summed E-state index contributed by atoms with van der Waals surface area (Å²) in [5.74, 6) is -0.659. The highest BCUT2D eigenvalue weighted by Gasteiger charge is 2.17. The van der Waals surface area contributed by atoms with Crippen LogP contribution in [0.1, 0.15) is 17.3 Å². The monoisotopic (exact) mass is 352 g/mol. The minimum absolute atomic E-state index is 0.224. The summed E-state index contributed by atoms with van der Waals surface area (Å²) in [7, 11) is 0. The van der Waals surface area contributed by atoms with E-state index in [0.29, 0.717) is 10.6 Å². The zero-order valence-electron chi connectivity index (χ0n) is 12.2. The third-order valence-electron chi connectivity index (χ3n) is 2.92. The van der Waals surface area contributed by atoms with Crippen molar-refractivity contribution in [3.8, 4) is 5.75 Å². The summed E-state index contributed by atoms with van der Waals surface area (Å²) in [5, 5.41) is 0.552. The number of rotatable bonds is 4. The number of carbonyl (C=O) groups is 2. The third kappa shape index (κ3) is 4.61. The molecule has 2 amide bonds. The lowest BCUT2D eigenvalue weighted by Crippen LogP contribution is -2.47. The molecule has 0 spiro atoms. The first-order chi connectivity index (χ1) is 11.0. The van der Waals surface area contributed by atoms with Crippen LogP contribution in [0.4, 0.5) is 0 Å². The average Bonchev–Trinajstić information content (AvgIpc) is 2.57. The van der Waals surface area contributed by atoms with Gasteiger partial charge >= 0.3 is 0 Å². The second-order valence-electron chi connectivity index (χ2n) is 4.62. The lowest BCUT2D eigenvalue weighted by Gasteiger charge is -2.16. The van der Waals surface area contributed by atoms with Gasteiger partial charge in [-0.25, -0.2) is 0 Å². The summed E-state index contributed by atoms with van der Waals surface area (Å²) in [5.41, 5.74) is 5.04. The Bertz CT molecular complexity index is 708. The first kappa shape index (κ1) is 17.1. The number of hydrogen-bond donors (Lipinski definition) is 2. The number of hydrazine groups is 1. The topological polar surface area (TPSA) is 67.4 Å². The molecule has 120 valence electrons. The number of amides is 2. The van der Waals surface area contributed by atoms with Gasteiger partial charge in [-0.3, -0.25) is 20.4 Å². The second-order valence-corrected chi connectivity index (χ2v) is 5.41. The summed E-state index contributed by atoms with van der Waals surface area (Å²) < 4.78 is 5.45. The highest BCUT2D eigenvalue weighted by atomic mass is 35.5. The van der Waals surface area contributed by atoms with Crippen molar-refractivity contribution in [3.63, 3.8) is 0 Å². The zero-order valence-corrected chi connectivity index (χ0v) is 13.7. The zero-order chi connectivity index (χ0) is 16.8. The van der Waals surface area contributed by atoms with Gasteiger partial charge in [0.05, 0.1) is 5.02 Å². The predicted octanol–water partition coefficient (Wildman–Crippen LogP) is 3.22. The fourth-order valence-electron chi connectivity index (χ4n) is 1.70. The number of nitrogens with one attached hydrogen (secondary N) is 2. The molecule has 0 fully saturated rings. The van der Waals surface area contributed by atoms with Gasteiger partial charge < -0.3 is 4.74 Å². The molecule has 2 rings (SSSR count). The van der Waals surface area contributed by atoms with Crippen LogP contribution < -0.4 is 15.6 Å². The van der Waals surface area contributed by atoms with Crippen molar-refractivity contribution in [3.05, 3.63) is 64.1 Å². The predicted molar refractivity (Wildman–Crippen MR) is 88.6 cm³/mol. The lowest BCUT2D eigenvalue weighted by molar-refractivity contribution is -0.128. The van der Waals surface area contributed by atoms with Gasteiger partial charge in [-0.15, -0.1) is 0 Å². The molecule has 5 nitrogen and oxygen atoms in total. The van der Waals surface area contributed by atoms with Gasteiger partial charge in [0, 0.05) is 5.56 Å². The Morgan fingerprint density at radius 3 is 2.39 bits per heavy atom. The van der Waals surface area contributed by atoms with E-state index in [-0.39, 0.29) is 10.8 Å². The van der Waals surface area contributed by atoms with Crippen molar-refractivity contribution in [1.82, 2.24) is 10.9 Å². The Balaban J connectivity index is 1.90. The minimum atomic E-state index is -0.873. The van der Waals surface area contributed by atoms with E-state index >= 15 is 0 Å². The Kier molecular flexibility index (Phi) is 5.84. The molecule has 23 heavy (non-hydrogen) atoms. The van der Waals surface area contributed by atoms with Gasteiger partial charge in [0.25, 0.3) is 11.8 Å². The number of hydrogen-bond acceptors (Lipinski definition) is 3. The molecule has 7 heteroatoms. The molecule has 2 aromatic carbocycles. The molecule has 0 radical (unpaired) electrons. The van der Waals surface area contributed by atoms with Gasteiger partial charge in [-0.1, -0.05) is 47.5 Å². The Morgan fingerprint density at radius 2 is 1.70 bits per heavy atom. The standard InChI is InChI=1S/C16H14Cl2N2O3/c1-10(23-13-9-5-8-12(17)14(13)18)15(21)19-20-16(22)11-6-3-2-4-7-11/h2-10H,1H3,(H,19,21)(H,20,22). The van der Waals surface area contributed by atoms with Gasteiger partial charge in [-0.2, -0.15) is 0 Å². The maximum atomic E-state index is 12.0. The Hall–Kier alpha value is -2.24. The van der Waals surface area contributed by atoms with E-state index in [0.717, 1.165) is 0 Å². The van der Waals surface area contributed by atoms with E-state index in [1.807, 2.05) is 0 Å². The molecular formula is C16H14Cl2N2O3. The third-order valence-corrected chi connectivity index (χ3v) is 3.73. The normalized spacial score (nSPS) is 11.4. The van der Waals surface area contributed by atoms with Crippen LogP contribution >= 0.6 is 23.2 Å². The first-order valence-corrected chi connectivity index (χ1v) is 7.50. The quantitative estimate of drug-likeness (QED) is 0.830. The van der Waals surface area contributed by atoms with Crippen LogP contribution in [0.3, 0.4) is 0 Å². The molecule has 1 unspecified atom stereocenters. The van der Waals surface area contributed by atoms with E-state index in [1.54, 1.807) is 48.5 Å². The molecule has 0 aliphatic carbocycles. The summed E-state index contributed by atoms with van der Waals surface area (Å²) in [6.45, 7) is 1.53. The molecule has 0 bridgehead atoms. The molecule has 1 atom stereocenters. The second kappa shape index (κ2) is 7.85. The van der Waals surface area contributed by atoms with Crippen LogP contribution in [-0.4, -0.2) is 17.9 Å². The van der Waals surface area contributed by atoms with Crippen LogP contribution in [0.2, 0.25) is 10.0 Å². The van der Waals surface area contributed by atoms with Crippen LogP contribution in [0.15, 0.2) is 48.5 Å². The summed E-state index contributed by atoms with van der Waals surface area (Å²) in [4.78, 5) is 23.8. The smallest absolute Gasteiger partial charge is 0.279 e. The van der Waals surface area contributed by atoms with Gasteiger partial charge in [0.1, 0.15) is 10.8 Å². The summed E-state index contributed by atoms with van der Waals surface area (Å²) >= 11 is 11.9. The summed E-state index contributed by atoms with van der Waals surface area (Å²) in [6, 6.07) is 13.4. The first-order valence-electron chi connectivity index (χ1n) is 6.75. The molecule has 0 saturated carbocycles. The maximum absolute atomic E-state index is 12.0. The fourth-order valence-corrected chi connectivity index (χ4v) is 2.04.